The quantitative estimate of drug-likeness (QED) is 0.730. The second kappa shape index (κ2) is 7.58. The van der Waals surface area contributed by atoms with E-state index in [1.54, 1.807) is 0 Å². The standard InChI is InChI=1S/C21H34O3/c1-9-10-11-15(19(23)24-8)14-12-16(20(2,3)4)18(22)17(13-14)21(5,6)7/h12-13,15,22H,9-11H2,1-8H3. The van der Waals surface area contributed by atoms with Crippen molar-refractivity contribution in [1.29, 1.82) is 0 Å². The normalized spacial score (nSPS) is 13.7. The fourth-order valence-electron chi connectivity index (χ4n) is 2.97. The van der Waals surface area contributed by atoms with Crippen molar-refractivity contribution in [3.63, 3.8) is 0 Å². The number of esters is 1. The van der Waals surface area contributed by atoms with Crippen molar-refractivity contribution < 1.29 is 14.6 Å². The molecule has 0 radical (unpaired) electrons. The van der Waals surface area contributed by atoms with Gasteiger partial charge < -0.3 is 9.84 Å². The van der Waals surface area contributed by atoms with Crippen molar-refractivity contribution in [2.75, 3.05) is 7.11 Å². The molecule has 1 N–H and O–H groups in total. The molecule has 1 aromatic rings. The maximum Gasteiger partial charge on any atom is 0.313 e. The topological polar surface area (TPSA) is 46.5 Å². The highest BCUT2D eigenvalue weighted by Crippen LogP contribution is 2.41. The van der Waals surface area contributed by atoms with E-state index >= 15 is 0 Å². The van der Waals surface area contributed by atoms with Crippen LogP contribution in [0.1, 0.15) is 90.3 Å². The Labute approximate surface area is 147 Å². The molecule has 0 saturated heterocycles. The highest BCUT2D eigenvalue weighted by Gasteiger charge is 2.30. The number of benzene rings is 1. The Bertz CT molecular complexity index is 539. The molecular weight excluding hydrogens is 300 g/mol. The van der Waals surface area contributed by atoms with Crippen LogP contribution in [0.25, 0.3) is 0 Å². The molecule has 0 aromatic heterocycles. The summed E-state index contributed by atoms with van der Waals surface area (Å²) in [6.45, 7) is 14.6. The third-order valence-electron chi connectivity index (χ3n) is 4.48. The van der Waals surface area contributed by atoms with Crippen LogP contribution in [0.3, 0.4) is 0 Å². The van der Waals surface area contributed by atoms with Gasteiger partial charge in [-0.15, -0.1) is 0 Å². The van der Waals surface area contributed by atoms with E-state index in [0.29, 0.717) is 5.75 Å². The molecule has 3 heteroatoms. The number of hydrogen-bond donors (Lipinski definition) is 1. The number of methoxy groups -OCH3 is 1. The molecule has 136 valence electrons. The Balaban J connectivity index is 3.59. The van der Waals surface area contributed by atoms with Gasteiger partial charge in [0.05, 0.1) is 13.0 Å². The van der Waals surface area contributed by atoms with Crippen LogP contribution in [-0.2, 0) is 20.4 Å². The number of hydrogen-bond acceptors (Lipinski definition) is 3. The summed E-state index contributed by atoms with van der Waals surface area (Å²) in [5.41, 5.74) is 2.31. The molecule has 1 unspecified atom stereocenters. The summed E-state index contributed by atoms with van der Waals surface area (Å²) in [7, 11) is 1.44. The van der Waals surface area contributed by atoms with E-state index in [0.717, 1.165) is 36.0 Å². The zero-order valence-corrected chi connectivity index (χ0v) is 16.6. The van der Waals surface area contributed by atoms with Gasteiger partial charge in [0, 0.05) is 0 Å². The molecule has 1 atom stereocenters. The van der Waals surface area contributed by atoms with Crippen LogP contribution in [0.5, 0.6) is 5.75 Å². The van der Waals surface area contributed by atoms with Gasteiger partial charge in [0.2, 0.25) is 0 Å². The Kier molecular flexibility index (Phi) is 6.49. The van der Waals surface area contributed by atoms with Crippen LogP contribution < -0.4 is 0 Å². The molecule has 1 rings (SSSR count). The Hall–Kier alpha value is -1.51. The van der Waals surface area contributed by atoms with Crippen molar-refractivity contribution in [2.24, 2.45) is 0 Å². The van der Waals surface area contributed by atoms with Gasteiger partial charge >= 0.3 is 5.97 Å². The summed E-state index contributed by atoms with van der Waals surface area (Å²) in [4.78, 5) is 12.3. The maximum atomic E-state index is 12.3. The average Bonchev–Trinajstić information content (AvgIpc) is 2.45. The summed E-state index contributed by atoms with van der Waals surface area (Å²) in [5.74, 6) is -0.135. The zero-order chi connectivity index (χ0) is 18.7. The Morgan fingerprint density at radius 2 is 1.54 bits per heavy atom. The fraction of sp³-hybridized carbons (Fsp3) is 0.667. The van der Waals surface area contributed by atoms with Crippen molar-refractivity contribution in [1.82, 2.24) is 0 Å². The number of carbonyl (C=O) groups is 1. The molecule has 1 aromatic carbocycles. The molecule has 3 nitrogen and oxygen atoms in total. The minimum Gasteiger partial charge on any atom is -0.507 e. The van der Waals surface area contributed by atoms with Crippen molar-refractivity contribution in [2.45, 2.75) is 84.5 Å². The summed E-state index contributed by atoms with van der Waals surface area (Å²) >= 11 is 0. The third kappa shape index (κ3) is 4.75. The lowest BCUT2D eigenvalue weighted by Crippen LogP contribution is -2.21. The molecule has 0 aliphatic rings. The highest BCUT2D eigenvalue weighted by molar-refractivity contribution is 5.78. The molecule has 0 fully saturated rings. The first-order valence-corrected chi connectivity index (χ1v) is 8.89. The minimum atomic E-state index is -0.280. The predicted molar refractivity (Wildman–Crippen MR) is 99.8 cm³/mol. The second-order valence-corrected chi connectivity index (χ2v) is 8.68. The monoisotopic (exact) mass is 334 g/mol. The van der Waals surface area contributed by atoms with E-state index in [9.17, 15) is 9.90 Å². The van der Waals surface area contributed by atoms with Crippen LogP contribution in [0, 0.1) is 0 Å². The van der Waals surface area contributed by atoms with Gasteiger partial charge in [-0.1, -0.05) is 73.4 Å². The third-order valence-corrected chi connectivity index (χ3v) is 4.48. The van der Waals surface area contributed by atoms with Crippen LogP contribution in [-0.4, -0.2) is 18.2 Å². The zero-order valence-electron chi connectivity index (χ0n) is 16.6. The van der Waals surface area contributed by atoms with Gasteiger partial charge in [-0.25, -0.2) is 0 Å². The first-order valence-electron chi connectivity index (χ1n) is 8.89. The first kappa shape index (κ1) is 20.5. The molecule has 24 heavy (non-hydrogen) atoms. The van der Waals surface area contributed by atoms with Crippen molar-refractivity contribution in [3.05, 3.63) is 28.8 Å². The lowest BCUT2D eigenvalue weighted by Gasteiger charge is -2.29. The minimum absolute atomic E-state index is 0.200. The van der Waals surface area contributed by atoms with Crippen molar-refractivity contribution >= 4 is 5.97 Å². The van der Waals surface area contributed by atoms with E-state index in [4.69, 9.17) is 4.74 Å². The van der Waals surface area contributed by atoms with Gasteiger partial charge in [-0.05, 0) is 33.9 Å². The number of ether oxygens (including phenoxy) is 1. The number of aromatic hydroxyl groups is 1. The van der Waals surface area contributed by atoms with Gasteiger partial charge in [0.25, 0.3) is 0 Å². The first-order chi connectivity index (χ1) is 10.9. The summed E-state index contributed by atoms with van der Waals surface area (Å²) in [6, 6.07) is 3.98. The van der Waals surface area contributed by atoms with Crippen LogP contribution in [0.15, 0.2) is 12.1 Å². The van der Waals surface area contributed by atoms with E-state index < -0.39 is 0 Å². The van der Waals surface area contributed by atoms with Crippen LogP contribution in [0.2, 0.25) is 0 Å². The summed E-state index contributed by atoms with van der Waals surface area (Å²) in [6.07, 6.45) is 2.77. The number of carbonyl (C=O) groups excluding carboxylic acids is 1. The maximum absolute atomic E-state index is 12.3. The smallest absolute Gasteiger partial charge is 0.313 e. The Morgan fingerprint density at radius 3 is 1.88 bits per heavy atom. The van der Waals surface area contributed by atoms with E-state index in [-0.39, 0.29) is 22.7 Å². The average molecular weight is 335 g/mol. The van der Waals surface area contributed by atoms with Gasteiger partial charge in [0.1, 0.15) is 5.75 Å². The molecule has 0 heterocycles. The largest absolute Gasteiger partial charge is 0.507 e. The highest BCUT2D eigenvalue weighted by atomic mass is 16.5. The SMILES string of the molecule is CCCCC(C(=O)OC)c1cc(C(C)(C)C)c(O)c(C(C)(C)C)c1. The van der Waals surface area contributed by atoms with Gasteiger partial charge in [0.15, 0.2) is 0 Å². The molecule has 0 amide bonds. The van der Waals surface area contributed by atoms with E-state index in [2.05, 4.69) is 48.5 Å². The molecule has 0 aliphatic carbocycles. The molecule has 0 saturated carbocycles. The van der Waals surface area contributed by atoms with Gasteiger partial charge in [-0.3, -0.25) is 4.79 Å². The Morgan fingerprint density at radius 1 is 1.08 bits per heavy atom. The predicted octanol–water partition coefficient (Wildman–Crippen LogP) is 5.43. The number of rotatable bonds is 5. The number of phenolic OH excluding ortho intramolecular Hbond substituents is 1. The van der Waals surface area contributed by atoms with E-state index in [1.165, 1.54) is 7.11 Å². The second-order valence-electron chi connectivity index (χ2n) is 8.68. The van der Waals surface area contributed by atoms with Crippen molar-refractivity contribution in [3.8, 4) is 5.75 Å². The lowest BCUT2D eigenvalue weighted by molar-refractivity contribution is -0.142. The number of unbranched alkanes of at least 4 members (excludes halogenated alkanes) is 1. The van der Waals surface area contributed by atoms with Crippen LogP contribution >= 0.6 is 0 Å². The lowest BCUT2D eigenvalue weighted by atomic mass is 9.76. The van der Waals surface area contributed by atoms with Crippen LogP contribution in [0.4, 0.5) is 0 Å². The fourth-order valence-corrected chi connectivity index (χ4v) is 2.97. The molecule has 0 bridgehead atoms. The summed E-state index contributed by atoms with van der Waals surface area (Å²) < 4.78 is 5.04. The number of phenols is 1. The van der Waals surface area contributed by atoms with Gasteiger partial charge in [-0.2, -0.15) is 0 Å². The van der Waals surface area contributed by atoms with E-state index in [1.807, 2.05) is 12.1 Å². The molecule has 0 aliphatic heterocycles. The molecular formula is C21H34O3. The molecule has 0 spiro atoms. The summed E-state index contributed by atoms with van der Waals surface area (Å²) in [5, 5.41) is 10.8.